The van der Waals surface area contributed by atoms with Crippen LogP contribution in [0.4, 0.5) is 18.9 Å². The Hall–Kier alpha value is -2.36. The van der Waals surface area contributed by atoms with Gasteiger partial charge < -0.3 is 18.5 Å². The zero-order valence-electron chi connectivity index (χ0n) is 22.0. The van der Waals surface area contributed by atoms with Crippen LogP contribution >= 0.6 is 0 Å². The number of fused-ring (bicyclic) bond motifs is 1. The fourth-order valence-electron chi connectivity index (χ4n) is 4.27. The van der Waals surface area contributed by atoms with E-state index in [1.807, 2.05) is 22.7 Å². The maximum Gasteiger partial charge on any atom is 0.416 e. The van der Waals surface area contributed by atoms with Crippen molar-refractivity contribution < 1.29 is 22.3 Å². The summed E-state index contributed by atoms with van der Waals surface area (Å²) in [6.07, 6.45) is -2.02. The van der Waals surface area contributed by atoms with Crippen LogP contribution in [0.2, 0.25) is 18.1 Å². The summed E-state index contributed by atoms with van der Waals surface area (Å²) in [4.78, 5) is 7.13. The molecule has 0 saturated carbocycles. The highest BCUT2D eigenvalue weighted by Gasteiger charge is 2.37. The van der Waals surface area contributed by atoms with Crippen LogP contribution < -0.4 is 4.90 Å². The van der Waals surface area contributed by atoms with Gasteiger partial charge >= 0.3 is 6.18 Å². The number of ether oxygens (including phenoxy) is 1. The maximum atomic E-state index is 13.6. The van der Waals surface area contributed by atoms with Gasteiger partial charge in [0.05, 0.1) is 42.5 Å². The minimum absolute atomic E-state index is 0.0352. The first-order valence-electron chi connectivity index (χ1n) is 12.4. The molecule has 1 fully saturated rings. The van der Waals surface area contributed by atoms with Gasteiger partial charge in [-0.15, -0.1) is 0 Å². The fourth-order valence-corrected chi connectivity index (χ4v) is 5.20. The number of pyridine rings is 1. The molecule has 1 aliphatic heterocycles. The molecule has 0 N–H and O–H groups in total. The van der Waals surface area contributed by atoms with Crippen LogP contribution in [0.1, 0.15) is 48.8 Å². The second kappa shape index (κ2) is 9.83. The van der Waals surface area contributed by atoms with E-state index < -0.39 is 20.1 Å². The number of anilines is 1. The predicted octanol–water partition coefficient (Wildman–Crippen LogP) is 6.61. The Bertz CT molecular complexity index is 1230. The number of rotatable bonds is 6. The number of alkyl halides is 3. The fraction of sp³-hybridized carbons (Fsp3) is 0.519. The van der Waals surface area contributed by atoms with E-state index in [0.29, 0.717) is 31.8 Å². The van der Waals surface area contributed by atoms with Gasteiger partial charge in [0.25, 0.3) is 0 Å². The summed E-state index contributed by atoms with van der Waals surface area (Å²) >= 11 is 0. The largest absolute Gasteiger partial charge is 0.416 e. The molecular weight excluding hydrogens is 483 g/mol. The topological polar surface area (TPSA) is 39.0 Å². The average Bonchev–Trinajstić information content (AvgIpc) is 3.15. The molecule has 196 valence electrons. The van der Waals surface area contributed by atoms with E-state index in [2.05, 4.69) is 38.8 Å². The van der Waals surface area contributed by atoms with E-state index in [9.17, 15) is 13.2 Å². The SMILES string of the molecule is Cc1c(Cc2c(CO[Si](C)(C)C(C)(C)C)nc3ccc(N4CCOCC4)cn23)cccc1C(F)(F)F. The maximum absolute atomic E-state index is 13.6. The first kappa shape index (κ1) is 26.7. The van der Waals surface area contributed by atoms with Gasteiger partial charge in [0.2, 0.25) is 0 Å². The van der Waals surface area contributed by atoms with Gasteiger partial charge in [-0.1, -0.05) is 32.9 Å². The van der Waals surface area contributed by atoms with Gasteiger partial charge in [-0.3, -0.25) is 0 Å². The van der Waals surface area contributed by atoms with Crippen LogP contribution in [0.5, 0.6) is 0 Å². The third-order valence-corrected chi connectivity index (χ3v) is 12.1. The van der Waals surface area contributed by atoms with Crippen molar-refractivity contribution in [3.05, 3.63) is 64.6 Å². The number of nitrogens with zero attached hydrogens (tertiary/aromatic N) is 3. The molecule has 5 nitrogen and oxygen atoms in total. The van der Waals surface area contributed by atoms with Gasteiger partial charge in [0, 0.05) is 25.7 Å². The molecule has 2 aromatic heterocycles. The molecule has 0 bridgehead atoms. The van der Waals surface area contributed by atoms with Gasteiger partial charge in [0.15, 0.2) is 8.32 Å². The minimum Gasteiger partial charge on any atom is -0.411 e. The Morgan fingerprint density at radius 2 is 1.75 bits per heavy atom. The average molecular weight is 520 g/mol. The van der Waals surface area contributed by atoms with Crippen molar-refractivity contribution in [1.29, 1.82) is 0 Å². The summed E-state index contributed by atoms with van der Waals surface area (Å²) in [5.74, 6) is 0. The van der Waals surface area contributed by atoms with E-state index in [1.165, 1.54) is 6.07 Å². The Morgan fingerprint density at radius 1 is 1.06 bits per heavy atom. The number of morpholine rings is 1. The molecule has 0 spiro atoms. The standard InChI is InChI=1S/C27H36F3N3O2Si/c1-19-20(8-7-9-22(19)27(28,29)30)16-24-23(18-35-36(5,6)26(2,3)4)31-25-11-10-21(17-33(24)25)32-12-14-34-15-13-32/h7-11,17H,12-16,18H2,1-6H3. The predicted molar refractivity (Wildman–Crippen MR) is 139 cm³/mol. The number of imidazole rings is 1. The number of halogens is 3. The number of benzene rings is 1. The third kappa shape index (κ3) is 5.48. The van der Waals surface area contributed by atoms with E-state index in [-0.39, 0.29) is 10.6 Å². The van der Waals surface area contributed by atoms with Crippen LogP contribution in [-0.4, -0.2) is 44.0 Å². The highest BCUT2D eigenvalue weighted by atomic mass is 28.4. The zero-order chi connectivity index (χ0) is 26.3. The molecule has 0 atom stereocenters. The van der Waals surface area contributed by atoms with Crippen molar-refractivity contribution in [3.8, 4) is 0 Å². The van der Waals surface area contributed by atoms with Crippen molar-refractivity contribution in [2.75, 3.05) is 31.2 Å². The lowest BCUT2D eigenvalue weighted by molar-refractivity contribution is -0.138. The van der Waals surface area contributed by atoms with Crippen molar-refractivity contribution >= 4 is 19.7 Å². The van der Waals surface area contributed by atoms with Gasteiger partial charge in [-0.05, 0) is 54.4 Å². The van der Waals surface area contributed by atoms with Crippen LogP contribution in [-0.2, 0) is 28.4 Å². The van der Waals surface area contributed by atoms with Crippen LogP contribution in [0.25, 0.3) is 5.65 Å². The molecule has 1 saturated heterocycles. The quantitative estimate of drug-likeness (QED) is 0.344. The molecule has 1 aromatic carbocycles. The van der Waals surface area contributed by atoms with Gasteiger partial charge in [-0.2, -0.15) is 13.2 Å². The Kier molecular flexibility index (Phi) is 7.29. The monoisotopic (exact) mass is 519 g/mol. The lowest BCUT2D eigenvalue weighted by atomic mass is 9.98. The van der Waals surface area contributed by atoms with Crippen molar-refractivity contribution in [2.45, 2.75) is 65.0 Å². The van der Waals surface area contributed by atoms with Crippen molar-refractivity contribution in [2.24, 2.45) is 0 Å². The van der Waals surface area contributed by atoms with Gasteiger partial charge in [0.1, 0.15) is 5.65 Å². The Labute approximate surface area is 212 Å². The minimum atomic E-state index is -4.39. The molecular formula is C27H36F3N3O2Si. The molecule has 0 radical (unpaired) electrons. The van der Waals surface area contributed by atoms with E-state index in [1.54, 1.807) is 13.0 Å². The summed E-state index contributed by atoms with van der Waals surface area (Å²) in [5.41, 5.74) is 3.74. The summed E-state index contributed by atoms with van der Waals surface area (Å²) in [5, 5.41) is 0.0352. The van der Waals surface area contributed by atoms with Crippen LogP contribution in [0.3, 0.4) is 0 Å². The summed E-state index contributed by atoms with van der Waals surface area (Å²) in [7, 11) is -2.05. The highest BCUT2D eigenvalue weighted by Crippen LogP contribution is 2.38. The number of aromatic nitrogens is 2. The lowest BCUT2D eigenvalue weighted by Crippen LogP contribution is -2.40. The molecule has 0 aliphatic carbocycles. The second-order valence-corrected chi connectivity index (χ2v) is 15.8. The molecule has 36 heavy (non-hydrogen) atoms. The smallest absolute Gasteiger partial charge is 0.411 e. The Morgan fingerprint density at radius 3 is 2.39 bits per heavy atom. The summed E-state index contributed by atoms with van der Waals surface area (Å²) in [6, 6.07) is 8.42. The third-order valence-electron chi connectivity index (χ3n) is 7.65. The number of hydrogen-bond acceptors (Lipinski definition) is 4. The zero-order valence-corrected chi connectivity index (χ0v) is 23.0. The van der Waals surface area contributed by atoms with E-state index >= 15 is 0 Å². The van der Waals surface area contributed by atoms with Gasteiger partial charge in [-0.25, -0.2) is 4.98 Å². The lowest BCUT2D eigenvalue weighted by Gasteiger charge is -2.36. The molecule has 3 aromatic rings. The second-order valence-electron chi connectivity index (χ2n) is 11.0. The first-order valence-corrected chi connectivity index (χ1v) is 15.3. The highest BCUT2D eigenvalue weighted by molar-refractivity contribution is 6.74. The molecule has 0 amide bonds. The molecule has 9 heteroatoms. The first-order chi connectivity index (χ1) is 16.8. The number of hydrogen-bond donors (Lipinski definition) is 0. The summed E-state index contributed by atoms with van der Waals surface area (Å²) < 4.78 is 54.9. The van der Waals surface area contributed by atoms with Crippen LogP contribution in [0, 0.1) is 6.92 Å². The molecule has 0 unspecified atom stereocenters. The van der Waals surface area contributed by atoms with Crippen molar-refractivity contribution in [3.63, 3.8) is 0 Å². The normalized spacial score (nSPS) is 15.6. The molecule has 1 aliphatic rings. The molecule has 4 rings (SSSR count). The van der Waals surface area contributed by atoms with Crippen LogP contribution in [0.15, 0.2) is 36.5 Å². The molecule has 3 heterocycles. The van der Waals surface area contributed by atoms with E-state index in [4.69, 9.17) is 14.1 Å². The Balaban J connectivity index is 1.77. The van der Waals surface area contributed by atoms with Crippen molar-refractivity contribution in [1.82, 2.24) is 9.38 Å². The van der Waals surface area contributed by atoms with E-state index in [0.717, 1.165) is 41.9 Å². The summed E-state index contributed by atoms with van der Waals surface area (Å²) in [6.45, 7) is 15.7.